The molecule has 4 saturated heterocycles. The van der Waals surface area contributed by atoms with Crippen molar-refractivity contribution in [2.45, 2.75) is 344 Å². The van der Waals surface area contributed by atoms with Gasteiger partial charge in [0.25, 0.3) is 0 Å². The molecule has 0 aromatic carbocycles. The van der Waals surface area contributed by atoms with Gasteiger partial charge in [-0.1, -0.05) is 159 Å². The highest BCUT2D eigenvalue weighted by Crippen LogP contribution is 2.58. The van der Waals surface area contributed by atoms with Crippen molar-refractivity contribution in [3.05, 3.63) is 23.0 Å². The first-order valence-corrected chi connectivity index (χ1v) is 38.5. The van der Waals surface area contributed by atoms with E-state index in [0.29, 0.717) is 45.7 Å². The highest BCUT2D eigenvalue weighted by atomic mass is 16.6. The van der Waals surface area contributed by atoms with Crippen LogP contribution in [0.1, 0.15) is 320 Å². The molecule has 0 radical (unpaired) electrons. The quantitative estimate of drug-likeness (QED) is 0.198. The van der Waals surface area contributed by atoms with Crippen LogP contribution in [0.3, 0.4) is 0 Å². The average molecular weight is 1220 g/mol. The number of fused-ring (bicyclic) bond motifs is 5. The summed E-state index contributed by atoms with van der Waals surface area (Å²) in [5, 5.41) is 0. The van der Waals surface area contributed by atoms with E-state index in [1.807, 2.05) is 13.8 Å². The van der Waals surface area contributed by atoms with Crippen molar-refractivity contribution in [2.24, 2.45) is 104 Å². The largest absolute Gasteiger partial charge is 0.462 e. The molecule has 0 N–H and O–H groups in total. The van der Waals surface area contributed by atoms with Gasteiger partial charge in [-0.3, -0.25) is 9.59 Å². The third kappa shape index (κ3) is 14.8. The average Bonchev–Trinajstić information content (AvgIpc) is 4.48. The van der Waals surface area contributed by atoms with Gasteiger partial charge >= 0.3 is 17.9 Å². The second kappa shape index (κ2) is 28.8. The molecule has 5 heterocycles. The number of ether oxygens (including phenoxy) is 5. The second-order valence-electron chi connectivity index (χ2n) is 35.1. The molecule has 10 aliphatic carbocycles. The van der Waals surface area contributed by atoms with Crippen LogP contribution in [0.2, 0.25) is 0 Å². The van der Waals surface area contributed by atoms with Crippen LogP contribution in [-0.2, 0) is 38.1 Å². The summed E-state index contributed by atoms with van der Waals surface area (Å²) < 4.78 is 28.8. The smallest absolute Gasteiger partial charge is 0.334 e. The molecule has 88 heavy (non-hydrogen) atoms. The minimum absolute atomic E-state index is 0.0147. The lowest BCUT2D eigenvalue weighted by atomic mass is 9.59. The number of hydrogen-bond donors (Lipinski definition) is 0. The van der Waals surface area contributed by atoms with Gasteiger partial charge in [0.2, 0.25) is 0 Å². The van der Waals surface area contributed by atoms with E-state index >= 15 is 0 Å². The number of allylic oxidation sites excluding steroid dienone is 2. The Morgan fingerprint density at radius 3 is 1.27 bits per heavy atom. The predicted octanol–water partition coefficient (Wildman–Crippen LogP) is 20.8. The van der Waals surface area contributed by atoms with Crippen molar-refractivity contribution in [3.63, 3.8) is 0 Å². The summed E-state index contributed by atoms with van der Waals surface area (Å²) in [7, 11) is 0. The molecule has 498 valence electrons. The molecule has 8 nitrogen and oxygen atoms in total. The standard InChI is InChI=1S/C16H26O2.2C16H24O2.2C16H28O/c3*1-11-13-8-9-16(2,10-14(13)18-15(11)17)12-6-4-3-5-7-12;2*1-12-11-17-15-10-16(2,9-8-14(12)15)13-6-4-3-5-7-13/h11-14H,3-10H2,1-2H3;12,14H,3-10H2,1-2H3;10-13H,3-9H2,1-2H3;2*12-15H,3-11H2,1-2H3/t11?,13-,14?,16?;;;12?,14-,15?,16?;/m0..0./s1. The zero-order valence-corrected chi connectivity index (χ0v) is 58.1. The Labute approximate surface area is 537 Å². The molecular formula is C80H130O8. The van der Waals surface area contributed by atoms with Crippen LogP contribution in [0.15, 0.2) is 23.0 Å². The Hall–Kier alpha value is -2.19. The Bertz CT molecular complexity index is 2340. The molecule has 0 spiro atoms. The summed E-state index contributed by atoms with van der Waals surface area (Å²) >= 11 is 0. The Kier molecular flexibility index (Phi) is 22.0. The Morgan fingerprint density at radius 1 is 0.409 bits per heavy atom. The van der Waals surface area contributed by atoms with Gasteiger partial charge in [0.15, 0.2) is 0 Å². The number of carbonyl (C=O) groups is 3. The SMILES string of the molecule is CC1=C2CCC(C)(C3CCCCC3)CC2OC1=O.CC1C(=O)OC2=CC(C)(C3CCCCC3)CCC21.CC1C(=O)OC2CC(C)(C3CCCCC3)CC[C@H]21.CC1COC2CC(C)(C3CCCCC3)CCC12.CC1COC2CC(C)(C3CCCCC3)CC[C@@H]12. The summed E-state index contributed by atoms with van der Waals surface area (Å²) in [6.07, 6.45) is 57.4. The normalized spacial score (nSPS) is 44.0. The lowest BCUT2D eigenvalue weighted by Crippen LogP contribution is -2.40. The molecule has 17 atom stereocenters. The maximum atomic E-state index is 11.7. The highest BCUT2D eigenvalue weighted by molar-refractivity contribution is 5.91. The van der Waals surface area contributed by atoms with Gasteiger partial charge in [-0.15, -0.1) is 0 Å². The maximum Gasteiger partial charge on any atom is 0.334 e. The molecule has 13 fully saturated rings. The molecule has 9 saturated carbocycles. The molecule has 15 rings (SSSR count). The fraction of sp³-hybridized carbons (Fsp3) is 0.912. The fourth-order valence-electron chi connectivity index (χ4n) is 22.8. The molecule has 0 amide bonds. The molecule has 15 unspecified atom stereocenters. The second-order valence-corrected chi connectivity index (χ2v) is 35.1. The number of hydrogen-bond acceptors (Lipinski definition) is 8. The minimum atomic E-state index is -0.0668. The van der Waals surface area contributed by atoms with Crippen LogP contribution in [0.25, 0.3) is 0 Å². The Morgan fingerprint density at radius 2 is 0.818 bits per heavy atom. The van der Waals surface area contributed by atoms with Crippen LogP contribution >= 0.6 is 0 Å². The Balaban J connectivity index is 0.000000114. The monoisotopic (exact) mass is 1220 g/mol. The van der Waals surface area contributed by atoms with E-state index < -0.39 is 0 Å². The van der Waals surface area contributed by atoms with Crippen LogP contribution in [-0.4, -0.2) is 55.5 Å². The highest BCUT2D eigenvalue weighted by Gasteiger charge is 2.53. The zero-order chi connectivity index (χ0) is 62.0. The van der Waals surface area contributed by atoms with Gasteiger partial charge in [0.1, 0.15) is 18.0 Å². The van der Waals surface area contributed by atoms with Crippen LogP contribution < -0.4 is 0 Å². The molecule has 0 bridgehead atoms. The summed E-state index contributed by atoms with van der Waals surface area (Å²) in [6.45, 7) is 25.2. The van der Waals surface area contributed by atoms with Gasteiger partial charge < -0.3 is 23.7 Å². The molecular weight excluding hydrogens is 1090 g/mol. The van der Waals surface area contributed by atoms with Crippen LogP contribution in [0.5, 0.6) is 0 Å². The van der Waals surface area contributed by atoms with Gasteiger partial charge in [-0.2, -0.15) is 0 Å². The lowest BCUT2D eigenvalue weighted by molar-refractivity contribution is -0.146. The third-order valence-electron chi connectivity index (χ3n) is 29.4. The van der Waals surface area contributed by atoms with Crippen molar-refractivity contribution in [3.8, 4) is 0 Å². The van der Waals surface area contributed by atoms with Crippen molar-refractivity contribution in [2.75, 3.05) is 13.2 Å². The first kappa shape index (κ1) is 67.2. The number of rotatable bonds is 5. The summed E-state index contributed by atoms with van der Waals surface area (Å²) in [6, 6.07) is 0. The van der Waals surface area contributed by atoms with Gasteiger partial charge in [0, 0.05) is 30.6 Å². The van der Waals surface area contributed by atoms with Gasteiger partial charge in [-0.05, 0) is 253 Å². The van der Waals surface area contributed by atoms with Crippen LogP contribution in [0.4, 0.5) is 0 Å². The van der Waals surface area contributed by atoms with Crippen molar-refractivity contribution in [1.29, 1.82) is 0 Å². The number of carbonyl (C=O) groups excluding carboxylic acids is 3. The molecule has 8 heteroatoms. The van der Waals surface area contributed by atoms with E-state index in [0.717, 1.165) is 103 Å². The first-order chi connectivity index (χ1) is 42.2. The first-order valence-electron chi connectivity index (χ1n) is 38.5. The van der Waals surface area contributed by atoms with Crippen molar-refractivity contribution in [1.82, 2.24) is 0 Å². The molecule has 15 aliphatic rings. The van der Waals surface area contributed by atoms with E-state index in [2.05, 4.69) is 61.5 Å². The van der Waals surface area contributed by atoms with Crippen molar-refractivity contribution < 1.29 is 38.1 Å². The van der Waals surface area contributed by atoms with E-state index in [-0.39, 0.29) is 47.4 Å². The van der Waals surface area contributed by atoms with Gasteiger partial charge in [0.05, 0.1) is 24.0 Å². The fourth-order valence-corrected chi connectivity index (χ4v) is 22.8. The van der Waals surface area contributed by atoms with E-state index in [1.54, 1.807) is 0 Å². The predicted molar refractivity (Wildman–Crippen MR) is 355 cm³/mol. The summed E-state index contributed by atoms with van der Waals surface area (Å²) in [4.78, 5) is 35.0. The maximum absolute atomic E-state index is 11.7. The van der Waals surface area contributed by atoms with E-state index in [9.17, 15) is 14.4 Å². The summed E-state index contributed by atoms with van der Waals surface area (Å²) in [5.74, 6) is 9.98. The third-order valence-corrected chi connectivity index (χ3v) is 29.4. The molecule has 0 aromatic rings. The molecule has 0 aromatic heterocycles. The minimum Gasteiger partial charge on any atom is -0.462 e. The summed E-state index contributed by atoms with van der Waals surface area (Å²) in [5.41, 5.74) is 4.51. The van der Waals surface area contributed by atoms with Crippen LogP contribution in [0, 0.1) is 104 Å². The van der Waals surface area contributed by atoms with E-state index in [4.69, 9.17) is 23.7 Å². The van der Waals surface area contributed by atoms with Gasteiger partial charge in [-0.25, -0.2) is 4.79 Å². The lowest BCUT2D eigenvalue weighted by Gasteiger charge is -2.46. The number of esters is 3. The molecule has 5 aliphatic heterocycles. The van der Waals surface area contributed by atoms with E-state index in [1.165, 1.54) is 230 Å². The van der Waals surface area contributed by atoms with Crippen molar-refractivity contribution >= 4 is 17.9 Å². The zero-order valence-electron chi connectivity index (χ0n) is 58.1. The topological polar surface area (TPSA) is 97.4 Å².